The summed E-state index contributed by atoms with van der Waals surface area (Å²) in [6.07, 6.45) is 0. The third-order valence-electron chi connectivity index (χ3n) is 7.82. The van der Waals surface area contributed by atoms with E-state index in [0.717, 1.165) is 37.7 Å². The second kappa shape index (κ2) is 11.3. The number of hydrogen-bond donors (Lipinski definition) is 1. The molecule has 8 rings (SSSR count). The van der Waals surface area contributed by atoms with Gasteiger partial charge in [0, 0.05) is 26.0 Å². The van der Waals surface area contributed by atoms with Gasteiger partial charge in [-0.25, -0.2) is 0 Å². The van der Waals surface area contributed by atoms with Crippen molar-refractivity contribution < 1.29 is 4.92 Å². The summed E-state index contributed by atoms with van der Waals surface area (Å²) in [6, 6.07) is 44.1. The number of hydrogen-bond acceptors (Lipinski definition) is 3. The maximum absolute atomic E-state index is 11.6. The summed E-state index contributed by atoms with van der Waals surface area (Å²) in [7, 11) is 0. The van der Waals surface area contributed by atoms with Gasteiger partial charge < -0.3 is 14.9 Å². The van der Waals surface area contributed by atoms with Crippen LogP contribution in [0.3, 0.4) is 0 Å². The average molecular weight is 704 g/mol. The number of halogens is 2. The van der Waals surface area contributed by atoms with E-state index in [4.69, 9.17) is 5.73 Å². The second-order valence-corrected chi connectivity index (χ2v) is 12.0. The molecule has 2 N–H and O–H groups in total. The Bertz CT molecular complexity index is 2270. The van der Waals surface area contributed by atoms with Crippen LogP contribution in [0.4, 0.5) is 11.4 Å². The molecule has 0 aliphatic carbocycles. The van der Waals surface area contributed by atoms with Crippen molar-refractivity contribution >= 4 is 86.8 Å². The van der Waals surface area contributed by atoms with E-state index in [2.05, 4.69) is 91.0 Å². The first-order chi connectivity index (χ1) is 21.5. The molecule has 0 saturated carbocycles. The molecule has 214 valence electrons. The van der Waals surface area contributed by atoms with E-state index in [1.165, 1.54) is 21.8 Å². The maximum Gasteiger partial charge on any atom is 0.307 e. The number of fused-ring (bicyclic) bond motifs is 6. The molecule has 0 aliphatic heterocycles. The standard InChI is InChI=1S/C18H11BrN2O2.C18H13BrN2/c19-14-8-5-11-17(18(14)21(22)23)20-15-9-3-1-6-12(15)13-7-2-4-10-16(13)20;19-14-8-5-11-17(18(14)20)21-15-9-3-1-6-12(15)13-7-2-4-10-16(13)21/h1-11H;1-11H,20H2. The lowest BCUT2D eigenvalue weighted by atomic mass is 10.2. The minimum absolute atomic E-state index is 0.0685. The number of nitro benzene ring substituents is 1. The third-order valence-corrected chi connectivity index (χ3v) is 9.15. The van der Waals surface area contributed by atoms with Crippen molar-refractivity contribution in [2.45, 2.75) is 0 Å². The molecule has 0 unspecified atom stereocenters. The lowest BCUT2D eigenvalue weighted by Gasteiger charge is -2.11. The van der Waals surface area contributed by atoms with Crippen LogP contribution in [0.5, 0.6) is 0 Å². The summed E-state index contributed by atoms with van der Waals surface area (Å²) in [5.74, 6) is 0. The van der Waals surface area contributed by atoms with Crippen LogP contribution in [0.25, 0.3) is 55.0 Å². The number of anilines is 1. The van der Waals surface area contributed by atoms with Crippen LogP contribution in [0, 0.1) is 10.1 Å². The number of para-hydroxylation sites is 6. The van der Waals surface area contributed by atoms with Gasteiger partial charge in [0.25, 0.3) is 0 Å². The van der Waals surface area contributed by atoms with Crippen molar-refractivity contribution in [1.29, 1.82) is 0 Å². The molecule has 0 aliphatic rings. The molecule has 2 heterocycles. The van der Waals surface area contributed by atoms with Crippen LogP contribution in [-0.2, 0) is 0 Å². The van der Waals surface area contributed by atoms with Crippen LogP contribution in [0.2, 0.25) is 0 Å². The lowest BCUT2D eigenvalue weighted by molar-refractivity contribution is -0.385. The van der Waals surface area contributed by atoms with Crippen LogP contribution >= 0.6 is 31.9 Å². The molecule has 0 atom stereocenters. The molecule has 0 saturated heterocycles. The topological polar surface area (TPSA) is 79.0 Å². The summed E-state index contributed by atoms with van der Waals surface area (Å²) in [5, 5.41) is 16.2. The highest BCUT2D eigenvalue weighted by atomic mass is 79.9. The van der Waals surface area contributed by atoms with Gasteiger partial charge in [-0.1, -0.05) is 84.9 Å². The van der Waals surface area contributed by atoms with Gasteiger partial charge in [-0.3, -0.25) is 10.1 Å². The summed E-state index contributed by atoms with van der Waals surface area (Å²) in [5.41, 5.74) is 12.9. The molecule has 6 nitrogen and oxygen atoms in total. The number of aromatic nitrogens is 2. The van der Waals surface area contributed by atoms with Gasteiger partial charge in [0.05, 0.1) is 42.8 Å². The third kappa shape index (κ3) is 4.54. The largest absolute Gasteiger partial charge is 0.396 e. The monoisotopic (exact) mass is 702 g/mol. The number of nitrogens with two attached hydrogens (primary N) is 1. The first-order valence-corrected chi connectivity index (χ1v) is 15.5. The van der Waals surface area contributed by atoms with Gasteiger partial charge in [-0.2, -0.15) is 0 Å². The van der Waals surface area contributed by atoms with Crippen LogP contribution in [0.1, 0.15) is 0 Å². The molecular weight excluding hydrogens is 680 g/mol. The van der Waals surface area contributed by atoms with Gasteiger partial charge in [0.2, 0.25) is 0 Å². The van der Waals surface area contributed by atoms with Crippen molar-refractivity contribution in [3.63, 3.8) is 0 Å². The Balaban J connectivity index is 0.000000143. The maximum atomic E-state index is 11.6. The zero-order valence-electron chi connectivity index (χ0n) is 23.2. The van der Waals surface area contributed by atoms with Crippen molar-refractivity contribution in [1.82, 2.24) is 9.13 Å². The Morgan fingerprint density at radius 3 is 1.30 bits per heavy atom. The smallest absolute Gasteiger partial charge is 0.307 e. The fourth-order valence-corrected chi connectivity index (χ4v) is 6.81. The van der Waals surface area contributed by atoms with E-state index >= 15 is 0 Å². The molecule has 44 heavy (non-hydrogen) atoms. The molecular formula is C36H24Br2N4O2. The summed E-state index contributed by atoms with van der Waals surface area (Å²) < 4.78 is 5.57. The molecule has 0 radical (unpaired) electrons. The van der Waals surface area contributed by atoms with Crippen molar-refractivity contribution in [2.75, 3.05) is 5.73 Å². The fraction of sp³-hybridized carbons (Fsp3) is 0. The quantitative estimate of drug-likeness (QED) is 0.113. The number of nitro groups is 1. The van der Waals surface area contributed by atoms with E-state index in [0.29, 0.717) is 10.2 Å². The molecule has 0 amide bonds. The van der Waals surface area contributed by atoms with E-state index < -0.39 is 0 Å². The minimum Gasteiger partial charge on any atom is -0.396 e. The predicted molar refractivity (Wildman–Crippen MR) is 188 cm³/mol. The van der Waals surface area contributed by atoms with Crippen molar-refractivity contribution in [2.24, 2.45) is 0 Å². The van der Waals surface area contributed by atoms with E-state index in [-0.39, 0.29) is 10.6 Å². The molecule has 8 heteroatoms. The Morgan fingerprint density at radius 1 is 0.500 bits per heavy atom. The second-order valence-electron chi connectivity index (χ2n) is 10.3. The van der Waals surface area contributed by atoms with Gasteiger partial charge in [-0.15, -0.1) is 0 Å². The number of nitrogens with zero attached hydrogens (tertiary/aromatic N) is 3. The summed E-state index contributed by atoms with van der Waals surface area (Å²) in [6.45, 7) is 0. The Kier molecular flexibility index (Phi) is 7.16. The molecule has 8 aromatic rings. The normalized spacial score (nSPS) is 11.2. The van der Waals surface area contributed by atoms with Gasteiger partial charge in [0.1, 0.15) is 5.69 Å². The van der Waals surface area contributed by atoms with Crippen LogP contribution in [0.15, 0.2) is 142 Å². The predicted octanol–water partition coefficient (Wildman–Crippen LogP) is 10.6. The zero-order valence-corrected chi connectivity index (χ0v) is 26.4. The summed E-state index contributed by atoms with van der Waals surface area (Å²) in [4.78, 5) is 11.2. The van der Waals surface area contributed by atoms with Crippen molar-refractivity contribution in [3.05, 3.63) is 153 Å². The highest BCUT2D eigenvalue weighted by molar-refractivity contribution is 9.11. The van der Waals surface area contributed by atoms with E-state index in [1.54, 1.807) is 12.1 Å². The fourth-order valence-electron chi connectivity index (χ4n) is 5.95. The van der Waals surface area contributed by atoms with E-state index in [9.17, 15) is 10.1 Å². The van der Waals surface area contributed by atoms with Crippen LogP contribution in [-0.4, -0.2) is 14.1 Å². The first kappa shape index (κ1) is 27.9. The SMILES string of the molecule is Nc1c(Br)cccc1-n1c2ccccc2c2ccccc21.O=[N+]([O-])c1c(Br)cccc1-n1c2ccccc2c2ccccc21. The minimum atomic E-state index is -0.344. The van der Waals surface area contributed by atoms with Crippen molar-refractivity contribution in [3.8, 4) is 11.4 Å². The molecule has 6 aromatic carbocycles. The van der Waals surface area contributed by atoms with Gasteiger partial charge in [0.15, 0.2) is 0 Å². The first-order valence-electron chi connectivity index (χ1n) is 13.9. The van der Waals surface area contributed by atoms with Gasteiger partial charge in [-0.05, 0) is 80.4 Å². The van der Waals surface area contributed by atoms with Crippen LogP contribution < -0.4 is 5.73 Å². The zero-order chi connectivity index (χ0) is 30.4. The lowest BCUT2D eigenvalue weighted by Crippen LogP contribution is -2.00. The number of benzene rings is 6. The van der Waals surface area contributed by atoms with Gasteiger partial charge >= 0.3 is 5.69 Å². The highest BCUT2D eigenvalue weighted by Crippen LogP contribution is 2.38. The van der Waals surface area contributed by atoms with E-state index in [1.807, 2.05) is 71.3 Å². The average Bonchev–Trinajstić information content (AvgIpc) is 3.56. The molecule has 0 bridgehead atoms. The number of rotatable bonds is 3. The Morgan fingerprint density at radius 2 is 0.864 bits per heavy atom. The molecule has 2 aromatic heterocycles. The Hall–Kier alpha value is -4.92. The summed E-state index contributed by atoms with van der Waals surface area (Å²) >= 11 is 6.83. The highest BCUT2D eigenvalue weighted by Gasteiger charge is 2.22. The molecule has 0 spiro atoms. The molecule has 0 fully saturated rings. The Labute approximate surface area is 269 Å². The number of nitrogen functional groups attached to an aromatic ring is 1.